The van der Waals surface area contributed by atoms with Gasteiger partial charge in [-0.2, -0.15) is 0 Å². The van der Waals surface area contributed by atoms with E-state index in [0.29, 0.717) is 19.4 Å². The highest BCUT2D eigenvalue weighted by molar-refractivity contribution is 5.70. The van der Waals surface area contributed by atoms with Gasteiger partial charge in [0.25, 0.3) is 0 Å². The molecule has 0 radical (unpaired) electrons. The quantitative estimate of drug-likeness (QED) is 0.0346. The van der Waals surface area contributed by atoms with Crippen LogP contribution in [-0.2, 0) is 23.8 Å². The second-order valence-electron chi connectivity index (χ2n) is 17.0. The molecule has 64 heavy (non-hydrogen) atoms. The first-order chi connectivity index (χ1) is 31.6. The van der Waals surface area contributed by atoms with Crippen LogP contribution in [0.2, 0.25) is 0 Å². The van der Waals surface area contributed by atoms with E-state index < -0.39 is 6.10 Å². The zero-order valence-corrected chi connectivity index (χ0v) is 41.8. The number of hydrogen-bond acceptors (Lipinski definition) is 5. The largest absolute Gasteiger partial charge is 0.462 e. The molecule has 0 aromatic carbocycles. The van der Waals surface area contributed by atoms with Gasteiger partial charge in [-0.3, -0.25) is 9.59 Å². The molecule has 0 heterocycles. The number of unbranched alkanes of at least 4 members (excludes halogenated alkanes) is 18. The SMILES string of the molecule is CC/C=C\C/C=C\C/C=C\C/C=C\C/C=C\CCCCCCOCC(COC(=O)CCCC/C=C\C/C=C\C/C=C\C/C=C\CC)OC(=O)CCCCCCCCCCCCCCC. The lowest BCUT2D eigenvalue weighted by Gasteiger charge is -2.18. The first kappa shape index (κ1) is 60.6. The Kier molecular flexibility index (Phi) is 51.0. The van der Waals surface area contributed by atoms with Gasteiger partial charge in [0.1, 0.15) is 6.61 Å². The van der Waals surface area contributed by atoms with Gasteiger partial charge < -0.3 is 14.2 Å². The van der Waals surface area contributed by atoms with E-state index in [1.165, 1.54) is 77.0 Å². The minimum atomic E-state index is -0.571. The molecule has 0 amide bonds. The Morgan fingerprint density at radius 1 is 0.359 bits per heavy atom. The van der Waals surface area contributed by atoms with Crippen molar-refractivity contribution >= 4 is 11.9 Å². The van der Waals surface area contributed by atoms with Gasteiger partial charge in [-0.25, -0.2) is 0 Å². The molecule has 5 heteroatoms. The average Bonchev–Trinajstić information content (AvgIpc) is 3.30. The monoisotopic (exact) mass is 887 g/mol. The summed E-state index contributed by atoms with van der Waals surface area (Å²) in [6.07, 6.45) is 73.9. The van der Waals surface area contributed by atoms with Crippen molar-refractivity contribution in [3.05, 3.63) is 109 Å². The lowest BCUT2D eigenvalue weighted by molar-refractivity contribution is -0.163. The summed E-state index contributed by atoms with van der Waals surface area (Å²) in [4.78, 5) is 25.4. The summed E-state index contributed by atoms with van der Waals surface area (Å²) in [5.41, 5.74) is 0. The van der Waals surface area contributed by atoms with Gasteiger partial charge in [0.2, 0.25) is 0 Å². The van der Waals surface area contributed by atoms with Crippen molar-refractivity contribution in [2.24, 2.45) is 0 Å². The summed E-state index contributed by atoms with van der Waals surface area (Å²) in [5.74, 6) is -0.462. The standard InChI is InChI=1S/C59H98O5/c1-4-7-10-13-16-19-22-25-27-28-29-30-31-33-36-39-42-45-48-51-54-62-55-57(64-59(61)53-50-47-44-41-38-34-24-21-18-15-12-9-6-3)56-63-58(60)52-49-46-43-40-37-35-32-26-23-20-17-14-11-8-5-2/h7-8,10-11,16-17,19-20,25-27,29-30,32-33,36-37,40,57H,4-6,9,12-15,18,21-24,28,31,34-35,38-39,41-56H2,1-3H3/b10-7-,11-8-,19-16-,20-17-,27-25-,30-29-,32-26-,36-33-,40-37-. The van der Waals surface area contributed by atoms with Crippen LogP contribution in [0.1, 0.15) is 226 Å². The summed E-state index contributed by atoms with van der Waals surface area (Å²) < 4.78 is 17.4. The van der Waals surface area contributed by atoms with Crippen LogP contribution in [0.3, 0.4) is 0 Å². The molecule has 0 spiro atoms. The predicted octanol–water partition coefficient (Wildman–Crippen LogP) is 18.0. The van der Waals surface area contributed by atoms with Gasteiger partial charge in [0.05, 0.1) is 6.61 Å². The fourth-order valence-electron chi connectivity index (χ4n) is 6.94. The molecule has 0 bridgehead atoms. The van der Waals surface area contributed by atoms with Crippen molar-refractivity contribution < 1.29 is 23.8 Å². The van der Waals surface area contributed by atoms with Crippen molar-refractivity contribution in [3.8, 4) is 0 Å². The zero-order chi connectivity index (χ0) is 46.3. The number of allylic oxidation sites excluding steroid dienone is 18. The molecule has 1 atom stereocenters. The molecule has 0 fully saturated rings. The van der Waals surface area contributed by atoms with Crippen LogP contribution >= 0.6 is 0 Å². The van der Waals surface area contributed by atoms with Crippen LogP contribution in [0.15, 0.2) is 109 Å². The summed E-state index contributed by atoms with van der Waals surface area (Å²) in [6, 6.07) is 0. The van der Waals surface area contributed by atoms with Crippen molar-refractivity contribution in [2.75, 3.05) is 19.8 Å². The van der Waals surface area contributed by atoms with E-state index in [0.717, 1.165) is 116 Å². The van der Waals surface area contributed by atoms with Gasteiger partial charge >= 0.3 is 11.9 Å². The molecule has 0 N–H and O–H groups in total. The Balaban J connectivity index is 4.39. The summed E-state index contributed by atoms with van der Waals surface area (Å²) in [5, 5.41) is 0. The molecule has 0 aliphatic carbocycles. The third-order valence-corrected chi connectivity index (χ3v) is 10.8. The number of esters is 2. The molecule has 364 valence electrons. The third-order valence-electron chi connectivity index (χ3n) is 10.8. The summed E-state index contributed by atoms with van der Waals surface area (Å²) >= 11 is 0. The number of carbonyl (C=O) groups is 2. The third kappa shape index (κ3) is 51.2. The zero-order valence-electron chi connectivity index (χ0n) is 41.8. The molecule has 0 rings (SSSR count). The Labute approximate surface area is 395 Å². The second kappa shape index (κ2) is 53.9. The fraction of sp³-hybridized carbons (Fsp3) is 0.661. The number of hydrogen-bond donors (Lipinski definition) is 0. The Morgan fingerprint density at radius 3 is 1.16 bits per heavy atom. The maximum Gasteiger partial charge on any atom is 0.306 e. The molecule has 0 saturated carbocycles. The van der Waals surface area contributed by atoms with Crippen LogP contribution in [0, 0.1) is 0 Å². The first-order valence-electron chi connectivity index (χ1n) is 26.4. The van der Waals surface area contributed by atoms with Crippen LogP contribution in [-0.4, -0.2) is 37.9 Å². The molecular weight excluding hydrogens is 789 g/mol. The van der Waals surface area contributed by atoms with E-state index in [1.54, 1.807) is 0 Å². The molecule has 0 aromatic rings. The molecule has 0 aliphatic heterocycles. The van der Waals surface area contributed by atoms with Crippen LogP contribution < -0.4 is 0 Å². The van der Waals surface area contributed by atoms with Crippen LogP contribution in [0.25, 0.3) is 0 Å². The Morgan fingerprint density at radius 2 is 0.703 bits per heavy atom. The van der Waals surface area contributed by atoms with Crippen LogP contribution in [0.4, 0.5) is 0 Å². The van der Waals surface area contributed by atoms with Gasteiger partial charge in [0.15, 0.2) is 6.10 Å². The van der Waals surface area contributed by atoms with Gasteiger partial charge in [-0.1, -0.05) is 220 Å². The van der Waals surface area contributed by atoms with E-state index in [1.807, 2.05) is 0 Å². The Bertz CT molecular complexity index is 1280. The van der Waals surface area contributed by atoms with Crippen molar-refractivity contribution in [2.45, 2.75) is 232 Å². The highest BCUT2D eigenvalue weighted by Gasteiger charge is 2.17. The van der Waals surface area contributed by atoms with Gasteiger partial charge in [-0.15, -0.1) is 0 Å². The van der Waals surface area contributed by atoms with Crippen LogP contribution in [0.5, 0.6) is 0 Å². The fourth-order valence-corrected chi connectivity index (χ4v) is 6.94. The minimum Gasteiger partial charge on any atom is -0.462 e. The molecular formula is C59H98O5. The highest BCUT2D eigenvalue weighted by Crippen LogP contribution is 2.14. The normalized spacial score (nSPS) is 13.1. The molecule has 0 saturated heterocycles. The van der Waals surface area contributed by atoms with Crippen molar-refractivity contribution in [3.63, 3.8) is 0 Å². The topological polar surface area (TPSA) is 61.8 Å². The highest BCUT2D eigenvalue weighted by atomic mass is 16.6. The first-order valence-corrected chi connectivity index (χ1v) is 26.4. The smallest absolute Gasteiger partial charge is 0.306 e. The van der Waals surface area contributed by atoms with Crippen molar-refractivity contribution in [1.82, 2.24) is 0 Å². The van der Waals surface area contributed by atoms with E-state index in [9.17, 15) is 9.59 Å². The van der Waals surface area contributed by atoms with E-state index >= 15 is 0 Å². The molecule has 1 unspecified atom stereocenters. The maximum absolute atomic E-state index is 12.8. The van der Waals surface area contributed by atoms with Gasteiger partial charge in [0, 0.05) is 19.4 Å². The van der Waals surface area contributed by atoms with Crippen molar-refractivity contribution in [1.29, 1.82) is 0 Å². The maximum atomic E-state index is 12.8. The van der Waals surface area contributed by atoms with E-state index in [-0.39, 0.29) is 25.2 Å². The minimum absolute atomic E-state index is 0.0489. The van der Waals surface area contributed by atoms with E-state index in [4.69, 9.17) is 14.2 Å². The lowest BCUT2D eigenvalue weighted by atomic mass is 10.0. The average molecular weight is 887 g/mol. The molecule has 5 nitrogen and oxygen atoms in total. The molecule has 0 aliphatic rings. The summed E-state index contributed by atoms with van der Waals surface area (Å²) in [6.45, 7) is 7.50. The van der Waals surface area contributed by atoms with Gasteiger partial charge in [-0.05, 0) is 103 Å². The second-order valence-corrected chi connectivity index (χ2v) is 17.0. The Hall–Kier alpha value is -3.44. The lowest BCUT2D eigenvalue weighted by Crippen LogP contribution is -2.30. The summed E-state index contributed by atoms with van der Waals surface area (Å²) in [7, 11) is 0. The number of rotatable bonds is 47. The molecule has 0 aromatic heterocycles. The number of carbonyl (C=O) groups excluding carboxylic acids is 2. The number of ether oxygens (including phenoxy) is 3. The predicted molar refractivity (Wildman–Crippen MR) is 279 cm³/mol. The van der Waals surface area contributed by atoms with E-state index in [2.05, 4.69) is 130 Å².